The molecule has 1 unspecified atom stereocenters. The molecule has 0 bridgehead atoms. The zero-order chi connectivity index (χ0) is 22.2. The zero-order valence-electron chi connectivity index (χ0n) is 17.2. The molecular weight excluding hydrogens is 436 g/mol. The van der Waals surface area contributed by atoms with Crippen molar-refractivity contribution in [3.63, 3.8) is 0 Å². The van der Waals surface area contributed by atoms with Crippen LogP contribution in [0.3, 0.4) is 0 Å². The largest absolute Gasteiger partial charge is 0.487 e. The fourth-order valence-corrected chi connectivity index (χ4v) is 5.57. The number of anilines is 1. The highest BCUT2D eigenvalue weighted by atomic mass is 32.2. The van der Waals surface area contributed by atoms with Gasteiger partial charge in [0, 0.05) is 17.5 Å². The first-order chi connectivity index (χ1) is 14.6. The van der Waals surface area contributed by atoms with E-state index in [1.807, 2.05) is 39.0 Å². The highest BCUT2D eigenvalue weighted by molar-refractivity contribution is 7.91. The van der Waals surface area contributed by atoms with E-state index in [0.29, 0.717) is 17.7 Å². The molecule has 8 nitrogen and oxygen atoms in total. The van der Waals surface area contributed by atoms with E-state index in [0.717, 1.165) is 22.5 Å². The van der Waals surface area contributed by atoms with Gasteiger partial charge in [-0.1, -0.05) is 47.2 Å². The molecule has 1 amide bonds. The van der Waals surface area contributed by atoms with Gasteiger partial charge in [0.1, 0.15) is 11.4 Å². The summed E-state index contributed by atoms with van der Waals surface area (Å²) in [5.41, 5.74) is 1.69. The van der Waals surface area contributed by atoms with Gasteiger partial charge in [-0.3, -0.25) is 10.1 Å². The number of carbonyl (C=O) groups is 1. The van der Waals surface area contributed by atoms with Gasteiger partial charge in [0.05, 0.1) is 6.04 Å². The standard InChI is InChI=1S/C21H22N4O4S2/c1-13-9-10-17-15(11-13)16(12-21(2,3)29-17)25-31(27,28)20-24-23-19(30-20)22-18(26)14-7-5-4-6-8-14/h4-11,16,25H,12H2,1-3H3,(H,22,23,26). The molecule has 0 saturated heterocycles. The third-order valence-electron chi connectivity index (χ3n) is 4.81. The molecule has 31 heavy (non-hydrogen) atoms. The van der Waals surface area contributed by atoms with E-state index < -0.39 is 21.7 Å². The number of nitrogens with zero attached hydrogens (tertiary/aromatic N) is 2. The van der Waals surface area contributed by atoms with Crippen LogP contribution in [0.2, 0.25) is 0 Å². The monoisotopic (exact) mass is 458 g/mol. The topological polar surface area (TPSA) is 110 Å². The Hall–Kier alpha value is -2.82. The predicted octanol–water partition coefficient (Wildman–Crippen LogP) is 3.68. The van der Waals surface area contributed by atoms with E-state index in [9.17, 15) is 13.2 Å². The molecule has 0 radical (unpaired) electrons. The number of amides is 1. The van der Waals surface area contributed by atoms with Crippen LogP contribution in [0.1, 0.15) is 47.8 Å². The molecule has 1 aromatic heterocycles. The minimum absolute atomic E-state index is 0.109. The zero-order valence-corrected chi connectivity index (χ0v) is 18.9. The minimum Gasteiger partial charge on any atom is -0.487 e. The number of ether oxygens (including phenoxy) is 1. The van der Waals surface area contributed by atoms with Crippen molar-refractivity contribution in [2.45, 2.75) is 43.2 Å². The third kappa shape index (κ3) is 4.76. The first-order valence-electron chi connectivity index (χ1n) is 9.65. The van der Waals surface area contributed by atoms with E-state index in [-0.39, 0.29) is 15.4 Å². The van der Waals surface area contributed by atoms with Crippen LogP contribution >= 0.6 is 11.3 Å². The van der Waals surface area contributed by atoms with E-state index >= 15 is 0 Å². The predicted molar refractivity (Wildman–Crippen MR) is 118 cm³/mol. The van der Waals surface area contributed by atoms with Crippen LogP contribution in [0.25, 0.3) is 0 Å². The fraction of sp³-hybridized carbons (Fsp3) is 0.286. The van der Waals surface area contributed by atoms with Crippen LogP contribution in [0.15, 0.2) is 52.9 Å². The van der Waals surface area contributed by atoms with Crippen LogP contribution in [-0.2, 0) is 10.0 Å². The van der Waals surface area contributed by atoms with Crippen molar-refractivity contribution in [2.24, 2.45) is 0 Å². The Morgan fingerprint density at radius 1 is 1.16 bits per heavy atom. The molecule has 2 heterocycles. The van der Waals surface area contributed by atoms with Gasteiger partial charge in [-0.15, -0.1) is 10.2 Å². The Balaban J connectivity index is 1.55. The summed E-state index contributed by atoms with van der Waals surface area (Å²) in [5, 5.41) is 10.3. The lowest BCUT2D eigenvalue weighted by Gasteiger charge is -2.37. The summed E-state index contributed by atoms with van der Waals surface area (Å²) in [4.78, 5) is 12.3. The van der Waals surface area contributed by atoms with E-state index in [1.165, 1.54) is 0 Å². The van der Waals surface area contributed by atoms with E-state index in [4.69, 9.17) is 4.74 Å². The molecule has 2 N–H and O–H groups in total. The SMILES string of the molecule is Cc1ccc2c(c1)C(NS(=O)(=O)c1nnc(NC(=O)c3ccccc3)s1)CC(C)(C)O2. The average molecular weight is 459 g/mol. The second-order valence-electron chi connectivity index (χ2n) is 7.97. The van der Waals surface area contributed by atoms with Crippen LogP contribution in [0.5, 0.6) is 5.75 Å². The maximum atomic E-state index is 13.0. The van der Waals surface area contributed by atoms with Crippen LogP contribution in [-0.4, -0.2) is 30.1 Å². The van der Waals surface area contributed by atoms with Gasteiger partial charge in [0.2, 0.25) is 9.47 Å². The number of aryl methyl sites for hydroxylation is 1. The Morgan fingerprint density at radius 3 is 2.65 bits per heavy atom. The van der Waals surface area contributed by atoms with Crippen molar-refractivity contribution >= 4 is 32.4 Å². The molecule has 2 aromatic carbocycles. The molecule has 0 fully saturated rings. The molecule has 1 aliphatic heterocycles. The highest BCUT2D eigenvalue weighted by Crippen LogP contribution is 2.40. The molecule has 0 spiro atoms. The average Bonchev–Trinajstić information content (AvgIpc) is 3.18. The number of fused-ring (bicyclic) bond motifs is 1. The first kappa shape index (κ1) is 21.4. The van der Waals surface area contributed by atoms with Crippen molar-refractivity contribution in [3.05, 3.63) is 65.2 Å². The number of benzene rings is 2. The molecule has 4 rings (SSSR count). The molecule has 3 aromatic rings. The second-order valence-corrected chi connectivity index (χ2v) is 10.8. The summed E-state index contributed by atoms with van der Waals surface area (Å²) >= 11 is 0.800. The van der Waals surface area contributed by atoms with E-state index in [1.54, 1.807) is 30.3 Å². The summed E-state index contributed by atoms with van der Waals surface area (Å²) in [5.74, 6) is 0.270. The molecule has 0 saturated carbocycles. The Bertz CT molecular complexity index is 1220. The number of aromatic nitrogens is 2. The Morgan fingerprint density at radius 2 is 1.90 bits per heavy atom. The fourth-order valence-electron chi connectivity index (χ4n) is 3.44. The normalized spacial score (nSPS) is 17.5. The van der Waals surface area contributed by atoms with Gasteiger partial charge in [0.15, 0.2) is 0 Å². The summed E-state index contributed by atoms with van der Waals surface area (Å²) < 4.78 is 34.6. The number of hydrogen-bond acceptors (Lipinski definition) is 7. The van der Waals surface area contributed by atoms with Gasteiger partial charge in [-0.05, 0) is 39.0 Å². The molecular formula is C21H22N4O4S2. The summed E-state index contributed by atoms with van der Waals surface area (Å²) in [7, 11) is -3.96. The first-order valence-corrected chi connectivity index (χ1v) is 11.9. The van der Waals surface area contributed by atoms with E-state index in [2.05, 4.69) is 20.2 Å². The maximum Gasteiger partial charge on any atom is 0.270 e. The van der Waals surface area contributed by atoms with Crippen molar-refractivity contribution in [1.82, 2.24) is 14.9 Å². The lowest BCUT2D eigenvalue weighted by atomic mass is 9.89. The van der Waals surface area contributed by atoms with Crippen molar-refractivity contribution < 1.29 is 17.9 Å². The van der Waals surface area contributed by atoms with Gasteiger partial charge in [-0.25, -0.2) is 13.1 Å². The number of carbonyl (C=O) groups excluding carboxylic acids is 1. The Kier molecular flexibility index (Phi) is 5.54. The summed E-state index contributed by atoms with van der Waals surface area (Å²) in [6.07, 6.45) is 0.457. The summed E-state index contributed by atoms with van der Waals surface area (Å²) in [6.45, 7) is 5.77. The van der Waals surface area contributed by atoms with Crippen LogP contribution in [0.4, 0.5) is 5.13 Å². The molecule has 1 atom stereocenters. The van der Waals surface area contributed by atoms with Crippen molar-refractivity contribution in [1.29, 1.82) is 0 Å². The number of rotatable bonds is 5. The quantitative estimate of drug-likeness (QED) is 0.565. The minimum atomic E-state index is -3.96. The van der Waals surface area contributed by atoms with Gasteiger partial charge >= 0.3 is 0 Å². The summed E-state index contributed by atoms with van der Waals surface area (Å²) in [6, 6.07) is 13.8. The lowest BCUT2D eigenvalue weighted by molar-refractivity contribution is 0.0701. The third-order valence-corrected chi connectivity index (χ3v) is 7.49. The van der Waals surface area contributed by atoms with Crippen LogP contribution in [0, 0.1) is 6.92 Å². The lowest BCUT2D eigenvalue weighted by Crippen LogP contribution is -2.41. The number of sulfonamides is 1. The molecule has 0 aliphatic carbocycles. The molecule has 1 aliphatic rings. The van der Waals surface area contributed by atoms with Gasteiger partial charge in [0.25, 0.3) is 15.9 Å². The molecule has 10 heteroatoms. The van der Waals surface area contributed by atoms with Gasteiger partial charge in [-0.2, -0.15) is 0 Å². The maximum absolute atomic E-state index is 13.0. The number of nitrogens with one attached hydrogen (secondary N) is 2. The highest BCUT2D eigenvalue weighted by Gasteiger charge is 2.37. The van der Waals surface area contributed by atoms with Crippen molar-refractivity contribution in [2.75, 3.05) is 5.32 Å². The second kappa shape index (κ2) is 8.03. The van der Waals surface area contributed by atoms with Gasteiger partial charge < -0.3 is 4.74 Å². The molecule has 162 valence electrons. The Labute approximate surface area is 184 Å². The van der Waals surface area contributed by atoms with Crippen molar-refractivity contribution in [3.8, 4) is 5.75 Å². The number of hydrogen-bond donors (Lipinski definition) is 2. The smallest absolute Gasteiger partial charge is 0.270 e. The van der Waals surface area contributed by atoms with Crippen LogP contribution < -0.4 is 14.8 Å².